The molecule has 0 saturated carbocycles. The Labute approximate surface area is 150 Å². The van der Waals surface area contributed by atoms with E-state index < -0.39 is 41.5 Å². The van der Waals surface area contributed by atoms with Crippen LogP contribution in [0.4, 0.5) is 18.9 Å². The molecule has 138 valence electrons. The molecule has 0 radical (unpaired) electrons. The average Bonchev–Trinajstić information content (AvgIpc) is 3.18. The van der Waals surface area contributed by atoms with Crippen LogP contribution < -0.4 is 10.6 Å². The van der Waals surface area contributed by atoms with Gasteiger partial charge >= 0.3 is 0 Å². The van der Waals surface area contributed by atoms with Gasteiger partial charge in [0, 0.05) is 0 Å². The Hall–Kier alpha value is -3.69. The zero-order valence-electron chi connectivity index (χ0n) is 13.6. The minimum Gasteiger partial charge on any atom is -0.342 e. The van der Waals surface area contributed by atoms with Crippen LogP contribution in [-0.2, 0) is 4.79 Å². The topological polar surface area (TPSA) is 88.9 Å². The van der Waals surface area contributed by atoms with Crippen molar-refractivity contribution in [3.8, 4) is 5.69 Å². The smallest absolute Gasteiger partial charge is 0.273 e. The molecule has 7 nitrogen and oxygen atoms in total. The molecule has 0 atom stereocenters. The largest absolute Gasteiger partial charge is 0.342 e. The zero-order chi connectivity index (χ0) is 19.4. The van der Waals surface area contributed by atoms with Crippen LogP contribution in [0.5, 0.6) is 0 Å². The number of benzene rings is 2. The van der Waals surface area contributed by atoms with Gasteiger partial charge in [0.05, 0.1) is 24.1 Å². The number of rotatable bonds is 5. The summed E-state index contributed by atoms with van der Waals surface area (Å²) in [6.07, 6.45) is 1.37. The summed E-state index contributed by atoms with van der Waals surface area (Å²) in [6.45, 7) is -0.532. The van der Waals surface area contributed by atoms with E-state index in [1.54, 1.807) is 24.3 Å². The Morgan fingerprint density at radius 3 is 2.48 bits per heavy atom. The molecular weight excluding hydrogens is 363 g/mol. The van der Waals surface area contributed by atoms with Gasteiger partial charge in [0.15, 0.2) is 23.1 Å². The highest BCUT2D eigenvalue weighted by atomic mass is 19.2. The fourth-order valence-electron chi connectivity index (χ4n) is 2.14. The lowest BCUT2D eigenvalue weighted by Gasteiger charge is -2.07. The molecule has 2 N–H and O–H groups in total. The second-order valence-electron chi connectivity index (χ2n) is 5.34. The number of halogens is 3. The number of nitrogens with zero attached hydrogens (tertiary/aromatic N) is 3. The van der Waals surface area contributed by atoms with E-state index in [1.165, 1.54) is 10.9 Å². The number of aromatic nitrogens is 3. The molecule has 0 fully saturated rings. The molecule has 3 rings (SSSR count). The number of carbonyl (C=O) groups is 2. The molecule has 10 heteroatoms. The standard InChI is InChI=1S/C17H12F3N5O2/c18-11-6-7-12(16(20)15(11)19)22-14(26)8-21-17(27)13-9-25(24-23-13)10-4-2-1-3-5-10/h1-7,9H,8H2,(H,21,27)(H,22,26). The van der Waals surface area contributed by atoms with Gasteiger partial charge in [-0.2, -0.15) is 0 Å². The predicted octanol–water partition coefficient (Wildman–Crippen LogP) is 2.05. The van der Waals surface area contributed by atoms with E-state index in [9.17, 15) is 22.8 Å². The summed E-state index contributed by atoms with van der Waals surface area (Å²) in [5, 5.41) is 11.8. The maximum Gasteiger partial charge on any atom is 0.273 e. The second kappa shape index (κ2) is 7.68. The van der Waals surface area contributed by atoms with E-state index in [-0.39, 0.29) is 5.69 Å². The van der Waals surface area contributed by atoms with Crippen LogP contribution >= 0.6 is 0 Å². The SMILES string of the molecule is O=C(CNC(=O)c1cn(-c2ccccc2)nn1)Nc1ccc(F)c(F)c1F. The summed E-state index contributed by atoms with van der Waals surface area (Å²) in [4.78, 5) is 23.8. The van der Waals surface area contributed by atoms with Gasteiger partial charge in [-0.1, -0.05) is 23.4 Å². The number of nitrogens with one attached hydrogen (secondary N) is 2. The van der Waals surface area contributed by atoms with Gasteiger partial charge in [0.25, 0.3) is 5.91 Å². The number of amides is 2. The number of anilines is 1. The molecule has 3 aromatic rings. The van der Waals surface area contributed by atoms with E-state index in [1.807, 2.05) is 11.4 Å². The number of hydrogen-bond acceptors (Lipinski definition) is 4. The molecule has 0 aliphatic heterocycles. The lowest BCUT2D eigenvalue weighted by Crippen LogP contribution is -2.33. The first-order valence-electron chi connectivity index (χ1n) is 7.65. The molecule has 2 aromatic carbocycles. The molecule has 1 heterocycles. The van der Waals surface area contributed by atoms with Gasteiger partial charge in [-0.25, -0.2) is 17.9 Å². The fraction of sp³-hybridized carbons (Fsp3) is 0.0588. The van der Waals surface area contributed by atoms with Crippen molar-refractivity contribution in [3.05, 3.63) is 71.8 Å². The summed E-state index contributed by atoms with van der Waals surface area (Å²) in [5.74, 6) is -6.11. The van der Waals surface area contributed by atoms with E-state index in [2.05, 4.69) is 15.6 Å². The third-order valence-corrected chi connectivity index (χ3v) is 3.47. The van der Waals surface area contributed by atoms with Crippen molar-refractivity contribution in [1.29, 1.82) is 0 Å². The molecule has 0 saturated heterocycles. The third kappa shape index (κ3) is 4.11. The van der Waals surface area contributed by atoms with Crippen LogP contribution in [0.15, 0.2) is 48.7 Å². The Balaban J connectivity index is 1.59. The highest BCUT2D eigenvalue weighted by Crippen LogP contribution is 2.19. The Kier molecular flexibility index (Phi) is 5.15. The van der Waals surface area contributed by atoms with Crippen molar-refractivity contribution in [2.75, 3.05) is 11.9 Å². The lowest BCUT2D eigenvalue weighted by molar-refractivity contribution is -0.115. The molecule has 1 aromatic heterocycles. The van der Waals surface area contributed by atoms with Crippen LogP contribution in [0.25, 0.3) is 5.69 Å². The molecule has 0 spiro atoms. The minimum absolute atomic E-state index is 0.0364. The van der Waals surface area contributed by atoms with Crippen LogP contribution in [-0.4, -0.2) is 33.4 Å². The van der Waals surface area contributed by atoms with Gasteiger partial charge in [0.2, 0.25) is 5.91 Å². The van der Waals surface area contributed by atoms with Crippen LogP contribution in [0, 0.1) is 17.5 Å². The maximum atomic E-state index is 13.5. The number of para-hydroxylation sites is 1. The first-order valence-corrected chi connectivity index (χ1v) is 7.65. The maximum absolute atomic E-state index is 13.5. The average molecular weight is 375 g/mol. The summed E-state index contributed by atoms with van der Waals surface area (Å²) in [5.41, 5.74) is 0.115. The normalized spacial score (nSPS) is 10.5. The number of hydrogen-bond donors (Lipinski definition) is 2. The second-order valence-corrected chi connectivity index (χ2v) is 5.34. The van der Waals surface area contributed by atoms with Gasteiger partial charge in [-0.15, -0.1) is 5.10 Å². The summed E-state index contributed by atoms with van der Waals surface area (Å²) >= 11 is 0. The molecule has 2 amide bonds. The molecule has 0 aliphatic carbocycles. The van der Waals surface area contributed by atoms with Crippen molar-refractivity contribution in [1.82, 2.24) is 20.3 Å². The van der Waals surface area contributed by atoms with Crippen LogP contribution in [0.1, 0.15) is 10.5 Å². The van der Waals surface area contributed by atoms with Crippen LogP contribution in [0.2, 0.25) is 0 Å². The van der Waals surface area contributed by atoms with Crippen molar-refractivity contribution >= 4 is 17.5 Å². The molecule has 27 heavy (non-hydrogen) atoms. The van der Waals surface area contributed by atoms with Gasteiger partial charge in [0.1, 0.15) is 0 Å². The summed E-state index contributed by atoms with van der Waals surface area (Å²) in [7, 11) is 0. The Bertz CT molecular complexity index is 991. The van der Waals surface area contributed by atoms with E-state index >= 15 is 0 Å². The highest BCUT2D eigenvalue weighted by Gasteiger charge is 2.17. The van der Waals surface area contributed by atoms with Gasteiger partial charge in [-0.3, -0.25) is 9.59 Å². The molecule has 0 unspecified atom stereocenters. The monoisotopic (exact) mass is 375 g/mol. The highest BCUT2D eigenvalue weighted by molar-refractivity contribution is 5.98. The first kappa shape index (κ1) is 18.1. The Morgan fingerprint density at radius 1 is 1.00 bits per heavy atom. The van der Waals surface area contributed by atoms with E-state index in [0.717, 1.165) is 6.07 Å². The first-order chi connectivity index (χ1) is 13.0. The minimum atomic E-state index is -1.70. The van der Waals surface area contributed by atoms with E-state index in [0.29, 0.717) is 11.8 Å². The molecular formula is C17H12F3N5O2. The zero-order valence-corrected chi connectivity index (χ0v) is 13.6. The fourth-order valence-corrected chi connectivity index (χ4v) is 2.14. The van der Waals surface area contributed by atoms with Crippen molar-refractivity contribution in [2.24, 2.45) is 0 Å². The summed E-state index contributed by atoms with van der Waals surface area (Å²) < 4.78 is 40.9. The quantitative estimate of drug-likeness (QED) is 0.668. The van der Waals surface area contributed by atoms with Gasteiger partial charge in [-0.05, 0) is 24.3 Å². The summed E-state index contributed by atoms with van der Waals surface area (Å²) in [6, 6.07) is 10.5. The van der Waals surface area contributed by atoms with Crippen LogP contribution in [0.3, 0.4) is 0 Å². The van der Waals surface area contributed by atoms with Gasteiger partial charge < -0.3 is 10.6 Å². The number of carbonyl (C=O) groups excluding carboxylic acids is 2. The van der Waals surface area contributed by atoms with Crippen molar-refractivity contribution in [2.45, 2.75) is 0 Å². The predicted molar refractivity (Wildman–Crippen MR) is 88.6 cm³/mol. The molecule has 0 aliphatic rings. The van der Waals surface area contributed by atoms with Crippen molar-refractivity contribution < 1.29 is 22.8 Å². The van der Waals surface area contributed by atoms with E-state index in [4.69, 9.17) is 0 Å². The third-order valence-electron chi connectivity index (χ3n) is 3.47. The lowest BCUT2D eigenvalue weighted by atomic mass is 10.2. The van der Waals surface area contributed by atoms with Crippen molar-refractivity contribution in [3.63, 3.8) is 0 Å². The molecule has 0 bridgehead atoms. The Morgan fingerprint density at radius 2 is 1.74 bits per heavy atom.